The molecule has 0 bridgehead atoms. The minimum Gasteiger partial charge on any atom is -0.460 e. The number of H-pyrrole nitrogens is 1. The third kappa shape index (κ3) is 2.50. The Kier molecular flexibility index (Phi) is 3.83. The summed E-state index contributed by atoms with van der Waals surface area (Å²) < 4.78 is 10.9. The van der Waals surface area contributed by atoms with Crippen LogP contribution in [0.2, 0.25) is 0 Å². The van der Waals surface area contributed by atoms with Crippen LogP contribution in [0.5, 0.6) is 5.75 Å². The molecule has 5 N–H and O–H groups in total. The first-order valence-corrected chi connectivity index (χ1v) is 6.65. The SMILES string of the molecule is OCC1O[C@@H](Oc2c[nH]c3ccccc23)C(O)C(O)[C@@H]1O. The zero-order valence-electron chi connectivity index (χ0n) is 11.1. The molecule has 5 atom stereocenters. The molecular formula is C14H17NO6. The lowest BCUT2D eigenvalue weighted by atomic mass is 9.99. The van der Waals surface area contributed by atoms with Crippen LogP contribution < -0.4 is 4.74 Å². The molecule has 1 saturated heterocycles. The standard InChI is InChI=1S/C14H17NO6/c16-6-10-11(17)12(18)13(19)14(21-10)20-9-5-15-8-4-2-1-3-7(8)9/h1-5,10-19H,6H2/t10?,11-,12?,13?,14-/m1/s1. The van der Waals surface area contributed by atoms with Crippen molar-refractivity contribution in [3.63, 3.8) is 0 Å². The van der Waals surface area contributed by atoms with Gasteiger partial charge in [0.25, 0.3) is 0 Å². The first-order chi connectivity index (χ1) is 10.1. The topological polar surface area (TPSA) is 115 Å². The van der Waals surface area contributed by atoms with Crippen LogP contribution in [0.4, 0.5) is 0 Å². The molecule has 7 nitrogen and oxygen atoms in total. The Morgan fingerprint density at radius 2 is 1.86 bits per heavy atom. The van der Waals surface area contributed by atoms with E-state index >= 15 is 0 Å². The van der Waals surface area contributed by atoms with E-state index in [4.69, 9.17) is 14.6 Å². The second-order valence-electron chi connectivity index (χ2n) is 5.01. The highest BCUT2D eigenvalue weighted by atomic mass is 16.7. The van der Waals surface area contributed by atoms with Gasteiger partial charge in [-0.05, 0) is 12.1 Å². The Morgan fingerprint density at radius 3 is 2.62 bits per heavy atom. The van der Waals surface area contributed by atoms with Crippen molar-refractivity contribution in [3.05, 3.63) is 30.5 Å². The Balaban J connectivity index is 1.83. The molecule has 2 heterocycles. The van der Waals surface area contributed by atoms with Gasteiger partial charge in [0.2, 0.25) is 6.29 Å². The second-order valence-corrected chi connectivity index (χ2v) is 5.01. The highest BCUT2D eigenvalue weighted by molar-refractivity contribution is 5.85. The number of hydrogen-bond acceptors (Lipinski definition) is 6. The monoisotopic (exact) mass is 295 g/mol. The quantitative estimate of drug-likeness (QED) is 0.514. The lowest BCUT2D eigenvalue weighted by Crippen LogP contribution is -2.60. The van der Waals surface area contributed by atoms with E-state index in [9.17, 15) is 15.3 Å². The first kappa shape index (κ1) is 14.3. The summed E-state index contributed by atoms with van der Waals surface area (Å²) in [6.07, 6.45) is -4.82. The molecule has 3 unspecified atom stereocenters. The fourth-order valence-electron chi connectivity index (χ4n) is 2.43. The van der Waals surface area contributed by atoms with Crippen molar-refractivity contribution < 1.29 is 29.9 Å². The molecule has 0 amide bonds. The van der Waals surface area contributed by atoms with Crippen LogP contribution in [0.3, 0.4) is 0 Å². The van der Waals surface area contributed by atoms with Gasteiger partial charge in [-0.25, -0.2) is 0 Å². The predicted octanol–water partition coefficient (Wildman–Crippen LogP) is -0.653. The molecule has 0 spiro atoms. The van der Waals surface area contributed by atoms with E-state index in [-0.39, 0.29) is 0 Å². The zero-order chi connectivity index (χ0) is 15.0. The predicted molar refractivity (Wildman–Crippen MR) is 72.7 cm³/mol. The van der Waals surface area contributed by atoms with Gasteiger partial charge in [0.05, 0.1) is 6.61 Å². The first-order valence-electron chi connectivity index (χ1n) is 6.65. The van der Waals surface area contributed by atoms with Gasteiger partial charge in [-0.3, -0.25) is 0 Å². The number of aromatic nitrogens is 1. The summed E-state index contributed by atoms with van der Waals surface area (Å²) in [5.41, 5.74) is 0.858. The van der Waals surface area contributed by atoms with Gasteiger partial charge in [-0.15, -0.1) is 0 Å². The maximum Gasteiger partial charge on any atom is 0.229 e. The number of ether oxygens (including phenoxy) is 2. The normalized spacial score (nSPS) is 33.2. The minimum atomic E-state index is -1.45. The maximum atomic E-state index is 9.94. The lowest BCUT2D eigenvalue weighted by molar-refractivity contribution is -0.277. The van der Waals surface area contributed by atoms with Crippen molar-refractivity contribution in [1.29, 1.82) is 0 Å². The number of aromatic amines is 1. The summed E-state index contributed by atoms with van der Waals surface area (Å²) in [7, 11) is 0. The number of para-hydroxylation sites is 1. The highest BCUT2D eigenvalue weighted by Gasteiger charge is 2.44. The summed E-state index contributed by atoms with van der Waals surface area (Å²) in [4.78, 5) is 3.01. The Bertz CT molecular complexity index is 612. The molecule has 1 aromatic heterocycles. The molecule has 1 fully saturated rings. The van der Waals surface area contributed by atoms with Gasteiger partial charge < -0.3 is 34.9 Å². The number of nitrogens with one attached hydrogen (secondary N) is 1. The molecule has 1 aliphatic heterocycles. The Hall–Kier alpha value is -1.64. The van der Waals surface area contributed by atoms with E-state index in [0.29, 0.717) is 5.75 Å². The zero-order valence-corrected chi connectivity index (χ0v) is 11.1. The van der Waals surface area contributed by atoms with Crippen LogP contribution in [-0.2, 0) is 4.74 Å². The molecule has 3 rings (SSSR count). The molecule has 1 aliphatic rings. The van der Waals surface area contributed by atoms with E-state index in [1.165, 1.54) is 0 Å². The van der Waals surface area contributed by atoms with Crippen LogP contribution in [0.25, 0.3) is 10.9 Å². The lowest BCUT2D eigenvalue weighted by Gasteiger charge is -2.39. The van der Waals surface area contributed by atoms with Gasteiger partial charge in [0, 0.05) is 17.1 Å². The Morgan fingerprint density at radius 1 is 1.10 bits per heavy atom. The van der Waals surface area contributed by atoms with Crippen LogP contribution in [0.15, 0.2) is 30.5 Å². The van der Waals surface area contributed by atoms with Gasteiger partial charge in [0.15, 0.2) is 0 Å². The highest BCUT2D eigenvalue weighted by Crippen LogP contribution is 2.29. The van der Waals surface area contributed by atoms with Crippen molar-refractivity contribution >= 4 is 10.9 Å². The minimum absolute atomic E-state index is 0.454. The Labute approximate surface area is 120 Å². The van der Waals surface area contributed by atoms with Crippen molar-refractivity contribution in [2.75, 3.05) is 6.61 Å². The molecular weight excluding hydrogens is 278 g/mol. The van der Waals surface area contributed by atoms with Crippen LogP contribution >= 0.6 is 0 Å². The van der Waals surface area contributed by atoms with E-state index in [1.807, 2.05) is 24.3 Å². The van der Waals surface area contributed by atoms with E-state index in [1.54, 1.807) is 6.20 Å². The smallest absolute Gasteiger partial charge is 0.229 e. The number of hydrogen-bond donors (Lipinski definition) is 5. The molecule has 0 radical (unpaired) electrons. The van der Waals surface area contributed by atoms with Crippen molar-refractivity contribution in [3.8, 4) is 5.75 Å². The number of rotatable bonds is 3. The van der Waals surface area contributed by atoms with E-state index in [0.717, 1.165) is 10.9 Å². The average Bonchev–Trinajstić information content (AvgIpc) is 2.91. The van der Waals surface area contributed by atoms with Crippen molar-refractivity contribution in [2.45, 2.75) is 30.7 Å². The van der Waals surface area contributed by atoms with E-state index in [2.05, 4.69) is 4.98 Å². The third-order valence-electron chi connectivity index (χ3n) is 3.64. The number of fused-ring (bicyclic) bond motifs is 1. The number of aliphatic hydroxyl groups excluding tert-OH is 4. The molecule has 0 aliphatic carbocycles. The summed E-state index contributed by atoms with van der Waals surface area (Å²) >= 11 is 0. The van der Waals surface area contributed by atoms with Crippen molar-refractivity contribution in [1.82, 2.24) is 4.98 Å². The van der Waals surface area contributed by atoms with Gasteiger partial charge in [0.1, 0.15) is 30.2 Å². The van der Waals surface area contributed by atoms with Gasteiger partial charge in [-0.2, -0.15) is 0 Å². The molecule has 114 valence electrons. The van der Waals surface area contributed by atoms with E-state index < -0.39 is 37.3 Å². The summed E-state index contributed by atoms with van der Waals surface area (Å²) in [5, 5.41) is 39.3. The van der Waals surface area contributed by atoms with Crippen LogP contribution in [-0.4, -0.2) is 62.7 Å². The summed E-state index contributed by atoms with van der Waals surface area (Å²) in [5.74, 6) is 0.454. The molecule has 2 aromatic rings. The largest absolute Gasteiger partial charge is 0.460 e. The second kappa shape index (κ2) is 5.63. The molecule has 1 aromatic carbocycles. The third-order valence-corrected chi connectivity index (χ3v) is 3.64. The maximum absolute atomic E-state index is 9.94. The summed E-state index contributed by atoms with van der Waals surface area (Å²) in [6.45, 7) is -0.487. The fraction of sp³-hybridized carbons (Fsp3) is 0.429. The number of aliphatic hydroxyl groups is 4. The van der Waals surface area contributed by atoms with Crippen LogP contribution in [0, 0.1) is 0 Å². The molecule has 0 saturated carbocycles. The van der Waals surface area contributed by atoms with Crippen LogP contribution in [0.1, 0.15) is 0 Å². The fourth-order valence-corrected chi connectivity index (χ4v) is 2.43. The van der Waals surface area contributed by atoms with Gasteiger partial charge in [-0.1, -0.05) is 12.1 Å². The average molecular weight is 295 g/mol. The van der Waals surface area contributed by atoms with Crippen molar-refractivity contribution in [2.24, 2.45) is 0 Å². The number of benzene rings is 1. The van der Waals surface area contributed by atoms with Gasteiger partial charge >= 0.3 is 0 Å². The summed E-state index contributed by atoms with van der Waals surface area (Å²) in [6, 6.07) is 7.42. The molecule has 7 heteroatoms. The molecule has 21 heavy (non-hydrogen) atoms.